The topological polar surface area (TPSA) is 44.8 Å². The van der Waals surface area contributed by atoms with E-state index in [1.54, 1.807) is 13.2 Å². The van der Waals surface area contributed by atoms with Crippen molar-refractivity contribution < 1.29 is 19.0 Å². The van der Waals surface area contributed by atoms with Gasteiger partial charge in [0, 0.05) is 0 Å². The number of aryl methyl sites for hydroxylation is 1. The summed E-state index contributed by atoms with van der Waals surface area (Å²) >= 11 is 0. The SMILES string of the molecule is COc1cc(C)ccc1C(=O)COC1COC1. The molecule has 1 aromatic rings. The van der Waals surface area contributed by atoms with E-state index < -0.39 is 0 Å². The highest BCUT2D eigenvalue weighted by atomic mass is 16.6. The molecular formula is C13H16O4. The van der Waals surface area contributed by atoms with Crippen molar-refractivity contribution in [3.8, 4) is 5.75 Å². The number of Topliss-reactive ketones (excluding diaryl/α,β-unsaturated/α-hetero) is 1. The molecule has 1 aliphatic rings. The van der Waals surface area contributed by atoms with Gasteiger partial charge in [-0.15, -0.1) is 0 Å². The Morgan fingerprint density at radius 2 is 2.24 bits per heavy atom. The number of ketones is 1. The molecule has 0 unspecified atom stereocenters. The molecule has 4 heteroatoms. The van der Waals surface area contributed by atoms with Gasteiger partial charge in [-0.3, -0.25) is 4.79 Å². The third kappa shape index (κ3) is 2.84. The highest BCUT2D eigenvalue weighted by molar-refractivity contribution is 5.99. The molecule has 0 amide bonds. The standard InChI is InChI=1S/C13H16O4/c1-9-3-4-11(13(5-9)15-2)12(14)8-17-10-6-16-7-10/h3-5,10H,6-8H2,1-2H3. The summed E-state index contributed by atoms with van der Waals surface area (Å²) in [4.78, 5) is 11.9. The van der Waals surface area contributed by atoms with Crippen molar-refractivity contribution in [3.05, 3.63) is 29.3 Å². The zero-order valence-electron chi connectivity index (χ0n) is 10.1. The van der Waals surface area contributed by atoms with Crippen molar-refractivity contribution in [1.29, 1.82) is 0 Å². The van der Waals surface area contributed by atoms with Crippen LogP contribution in [0, 0.1) is 6.92 Å². The fourth-order valence-corrected chi connectivity index (χ4v) is 1.61. The van der Waals surface area contributed by atoms with E-state index in [9.17, 15) is 4.79 Å². The number of carbonyl (C=O) groups excluding carboxylic acids is 1. The van der Waals surface area contributed by atoms with Gasteiger partial charge in [0.1, 0.15) is 18.5 Å². The van der Waals surface area contributed by atoms with Gasteiger partial charge in [0.2, 0.25) is 0 Å². The van der Waals surface area contributed by atoms with E-state index in [2.05, 4.69) is 0 Å². The molecule has 0 spiro atoms. The van der Waals surface area contributed by atoms with Gasteiger partial charge < -0.3 is 14.2 Å². The van der Waals surface area contributed by atoms with Crippen LogP contribution in [0.25, 0.3) is 0 Å². The quantitative estimate of drug-likeness (QED) is 0.728. The molecule has 1 saturated heterocycles. The van der Waals surface area contributed by atoms with E-state index in [-0.39, 0.29) is 18.5 Å². The maximum Gasteiger partial charge on any atom is 0.192 e. The number of ether oxygens (including phenoxy) is 3. The summed E-state index contributed by atoms with van der Waals surface area (Å²) < 4.78 is 15.6. The Morgan fingerprint density at radius 1 is 1.47 bits per heavy atom. The highest BCUT2D eigenvalue weighted by Gasteiger charge is 2.21. The smallest absolute Gasteiger partial charge is 0.192 e. The van der Waals surface area contributed by atoms with Gasteiger partial charge in [0.15, 0.2) is 5.78 Å². The molecule has 0 saturated carbocycles. The number of benzene rings is 1. The summed E-state index contributed by atoms with van der Waals surface area (Å²) in [7, 11) is 1.56. The lowest BCUT2D eigenvalue weighted by Crippen LogP contribution is -2.37. The number of hydrogen-bond donors (Lipinski definition) is 0. The average Bonchev–Trinajstić information content (AvgIpc) is 2.26. The van der Waals surface area contributed by atoms with Gasteiger partial charge in [0.05, 0.1) is 25.9 Å². The Labute approximate surface area is 100 Å². The molecule has 92 valence electrons. The number of methoxy groups -OCH3 is 1. The Balaban J connectivity index is 2.01. The molecule has 0 aliphatic carbocycles. The van der Waals surface area contributed by atoms with Crippen LogP contribution < -0.4 is 4.74 Å². The van der Waals surface area contributed by atoms with E-state index in [0.29, 0.717) is 24.5 Å². The average molecular weight is 236 g/mol. The fourth-order valence-electron chi connectivity index (χ4n) is 1.61. The van der Waals surface area contributed by atoms with Crippen molar-refractivity contribution in [2.45, 2.75) is 13.0 Å². The molecule has 1 fully saturated rings. The summed E-state index contributed by atoms with van der Waals surface area (Å²) in [5, 5.41) is 0. The minimum Gasteiger partial charge on any atom is -0.496 e. The summed E-state index contributed by atoms with van der Waals surface area (Å²) in [6, 6.07) is 5.51. The number of rotatable bonds is 5. The summed E-state index contributed by atoms with van der Waals surface area (Å²) in [5.41, 5.74) is 1.63. The molecule has 4 nitrogen and oxygen atoms in total. The van der Waals surface area contributed by atoms with Crippen molar-refractivity contribution in [1.82, 2.24) is 0 Å². The maximum absolute atomic E-state index is 11.9. The first-order chi connectivity index (χ1) is 8.20. The van der Waals surface area contributed by atoms with Gasteiger partial charge in [-0.25, -0.2) is 0 Å². The van der Waals surface area contributed by atoms with Crippen LogP contribution in [-0.4, -0.2) is 38.8 Å². The number of hydrogen-bond acceptors (Lipinski definition) is 4. The van der Waals surface area contributed by atoms with Gasteiger partial charge in [-0.05, 0) is 24.6 Å². The molecule has 1 heterocycles. The third-order valence-electron chi connectivity index (χ3n) is 2.72. The van der Waals surface area contributed by atoms with E-state index in [0.717, 1.165) is 5.56 Å². The predicted octanol–water partition coefficient (Wildman–Crippen LogP) is 1.60. The van der Waals surface area contributed by atoms with Crippen LogP contribution in [0.4, 0.5) is 0 Å². The van der Waals surface area contributed by atoms with Gasteiger partial charge in [-0.2, -0.15) is 0 Å². The van der Waals surface area contributed by atoms with E-state index in [4.69, 9.17) is 14.2 Å². The van der Waals surface area contributed by atoms with Crippen LogP contribution in [0.2, 0.25) is 0 Å². The molecule has 0 radical (unpaired) electrons. The second-order valence-corrected chi connectivity index (χ2v) is 4.10. The highest BCUT2D eigenvalue weighted by Crippen LogP contribution is 2.20. The molecular weight excluding hydrogens is 220 g/mol. The lowest BCUT2D eigenvalue weighted by atomic mass is 10.1. The molecule has 0 bridgehead atoms. The molecule has 0 aromatic heterocycles. The van der Waals surface area contributed by atoms with E-state index >= 15 is 0 Å². The fraction of sp³-hybridized carbons (Fsp3) is 0.462. The van der Waals surface area contributed by atoms with Crippen molar-refractivity contribution in [2.24, 2.45) is 0 Å². The lowest BCUT2D eigenvalue weighted by molar-refractivity contribution is -0.123. The molecule has 1 aliphatic heterocycles. The molecule has 0 atom stereocenters. The second-order valence-electron chi connectivity index (χ2n) is 4.10. The zero-order chi connectivity index (χ0) is 12.3. The van der Waals surface area contributed by atoms with Crippen molar-refractivity contribution in [2.75, 3.05) is 26.9 Å². The minimum absolute atomic E-state index is 0.0613. The minimum atomic E-state index is -0.0613. The lowest BCUT2D eigenvalue weighted by Gasteiger charge is -2.25. The first kappa shape index (κ1) is 12.1. The Bertz CT molecular complexity index is 410. The summed E-state index contributed by atoms with van der Waals surface area (Å²) in [5.74, 6) is 0.539. The maximum atomic E-state index is 11.9. The largest absolute Gasteiger partial charge is 0.496 e. The number of carbonyl (C=O) groups is 1. The monoisotopic (exact) mass is 236 g/mol. The van der Waals surface area contributed by atoms with Gasteiger partial charge in [-0.1, -0.05) is 6.07 Å². The molecule has 1 aromatic carbocycles. The van der Waals surface area contributed by atoms with E-state index in [1.165, 1.54) is 0 Å². The predicted molar refractivity (Wildman–Crippen MR) is 62.6 cm³/mol. The Hall–Kier alpha value is -1.39. The summed E-state index contributed by atoms with van der Waals surface area (Å²) in [6.45, 7) is 3.20. The van der Waals surface area contributed by atoms with Crippen LogP contribution in [-0.2, 0) is 9.47 Å². The molecule has 2 rings (SSSR count). The first-order valence-electron chi connectivity index (χ1n) is 5.58. The summed E-state index contributed by atoms with van der Waals surface area (Å²) in [6.07, 6.45) is 0.0652. The Morgan fingerprint density at radius 3 is 2.82 bits per heavy atom. The van der Waals surface area contributed by atoms with Crippen LogP contribution >= 0.6 is 0 Å². The van der Waals surface area contributed by atoms with Crippen LogP contribution in [0.5, 0.6) is 5.75 Å². The van der Waals surface area contributed by atoms with Crippen LogP contribution in [0.1, 0.15) is 15.9 Å². The second kappa shape index (κ2) is 5.29. The van der Waals surface area contributed by atoms with Gasteiger partial charge in [0.25, 0.3) is 0 Å². The van der Waals surface area contributed by atoms with Crippen LogP contribution in [0.15, 0.2) is 18.2 Å². The van der Waals surface area contributed by atoms with Crippen molar-refractivity contribution >= 4 is 5.78 Å². The van der Waals surface area contributed by atoms with Crippen LogP contribution in [0.3, 0.4) is 0 Å². The van der Waals surface area contributed by atoms with Crippen molar-refractivity contribution in [3.63, 3.8) is 0 Å². The third-order valence-corrected chi connectivity index (χ3v) is 2.72. The zero-order valence-corrected chi connectivity index (χ0v) is 10.1. The van der Waals surface area contributed by atoms with E-state index in [1.807, 2.05) is 19.1 Å². The molecule has 0 N–H and O–H groups in total. The first-order valence-corrected chi connectivity index (χ1v) is 5.58. The van der Waals surface area contributed by atoms with Gasteiger partial charge >= 0.3 is 0 Å². The molecule has 17 heavy (non-hydrogen) atoms. The Kier molecular flexibility index (Phi) is 3.76. The normalized spacial score (nSPS) is 15.4.